The van der Waals surface area contributed by atoms with Gasteiger partial charge in [-0.2, -0.15) is 0 Å². The molecular formula is C49H75O2PRu+. The van der Waals surface area contributed by atoms with Crippen LogP contribution in [0.15, 0.2) is 72.8 Å². The summed E-state index contributed by atoms with van der Waals surface area (Å²) in [6, 6.07) is 26.3. The molecule has 3 aromatic rings. The van der Waals surface area contributed by atoms with E-state index < -0.39 is 7.92 Å². The van der Waals surface area contributed by atoms with Gasteiger partial charge >= 0.3 is 21.8 Å². The number of benzene rings is 3. The molecular weight excluding hydrogens is 753 g/mol. The second kappa shape index (κ2) is 32.4. The van der Waals surface area contributed by atoms with Gasteiger partial charge in [-0.25, -0.2) is 0 Å². The van der Waals surface area contributed by atoms with Crippen LogP contribution in [0, 0.1) is 0 Å². The fourth-order valence-electron chi connectivity index (χ4n) is 7.66. The maximum atomic E-state index is 15.2. The predicted octanol–water partition coefficient (Wildman–Crippen LogP) is 14.9. The van der Waals surface area contributed by atoms with Crippen LogP contribution in [0.2, 0.25) is 0 Å². The summed E-state index contributed by atoms with van der Waals surface area (Å²) in [5.74, 6) is 0. The van der Waals surface area contributed by atoms with Crippen LogP contribution in [0.1, 0.15) is 202 Å². The Hall–Kier alpha value is -1.82. The summed E-state index contributed by atoms with van der Waals surface area (Å²) in [6.45, 7) is 6.90. The second-order valence-corrected chi connectivity index (χ2v) is 17.4. The average Bonchev–Trinajstić information content (AvgIpc) is 3.19. The van der Waals surface area contributed by atoms with Crippen molar-refractivity contribution in [3.63, 3.8) is 0 Å². The van der Waals surface area contributed by atoms with E-state index in [0.29, 0.717) is 5.52 Å². The first-order chi connectivity index (χ1) is 26.2. The summed E-state index contributed by atoms with van der Waals surface area (Å²) in [5.41, 5.74) is 5.61. The quantitative estimate of drug-likeness (QED) is 0.0368. The molecule has 0 radical (unpaired) electrons. The molecule has 0 bridgehead atoms. The number of rotatable bonds is 31. The van der Waals surface area contributed by atoms with Crippen LogP contribution in [0.5, 0.6) is 0 Å². The van der Waals surface area contributed by atoms with E-state index in [-0.39, 0.29) is 0 Å². The molecule has 0 aliphatic heterocycles. The fraction of sp³-hybridized carbons (Fsp3) is 0.612. The molecule has 0 spiro atoms. The van der Waals surface area contributed by atoms with Gasteiger partial charge in [-0.05, 0) is 65.8 Å². The fourth-order valence-corrected chi connectivity index (χ4v) is 9.88. The summed E-state index contributed by atoms with van der Waals surface area (Å²) in [6.07, 6.45) is 35.1. The molecule has 4 heteroatoms. The first-order valence-corrected chi connectivity index (χ1v) is 24.0. The van der Waals surface area contributed by atoms with E-state index in [0.717, 1.165) is 43.1 Å². The van der Waals surface area contributed by atoms with Crippen LogP contribution in [0.3, 0.4) is 0 Å². The van der Waals surface area contributed by atoms with Gasteiger partial charge in [-0.1, -0.05) is 228 Å². The van der Waals surface area contributed by atoms with Gasteiger partial charge in [-0.15, -0.1) is 0 Å². The molecule has 0 atom stereocenters. The Morgan fingerprint density at radius 1 is 0.434 bits per heavy atom. The molecule has 0 aliphatic carbocycles. The van der Waals surface area contributed by atoms with Crippen molar-refractivity contribution in [1.29, 1.82) is 0 Å². The van der Waals surface area contributed by atoms with Crippen LogP contribution in [0.4, 0.5) is 0 Å². The molecule has 295 valence electrons. The van der Waals surface area contributed by atoms with Crippen molar-refractivity contribution in [1.82, 2.24) is 0 Å². The number of hydrogen-bond acceptors (Lipinski definition) is 2. The van der Waals surface area contributed by atoms with Crippen molar-refractivity contribution in [3.8, 4) is 0 Å². The van der Waals surface area contributed by atoms with E-state index in [1.165, 1.54) is 181 Å². The van der Waals surface area contributed by atoms with E-state index in [2.05, 4.69) is 93.6 Å². The van der Waals surface area contributed by atoms with Gasteiger partial charge in [0.2, 0.25) is 0 Å². The van der Waals surface area contributed by atoms with Crippen molar-refractivity contribution >= 4 is 24.1 Å². The van der Waals surface area contributed by atoms with E-state index in [4.69, 9.17) is 3.57 Å². The first kappa shape index (κ1) is 47.3. The van der Waals surface area contributed by atoms with Crippen molar-refractivity contribution in [2.45, 2.75) is 194 Å². The normalized spacial score (nSPS) is 11.1. The van der Waals surface area contributed by atoms with Crippen LogP contribution in [0.25, 0.3) is 0 Å². The Morgan fingerprint density at radius 2 is 0.736 bits per heavy atom. The summed E-state index contributed by atoms with van der Waals surface area (Å²) in [7, 11) is -1.15. The van der Waals surface area contributed by atoms with E-state index in [9.17, 15) is 0 Å². The zero-order valence-electron chi connectivity index (χ0n) is 34.1. The topological polar surface area (TPSA) is 34.1 Å². The van der Waals surface area contributed by atoms with Crippen molar-refractivity contribution in [2.75, 3.05) is 0 Å². The Morgan fingerprint density at radius 3 is 1.08 bits per heavy atom. The Kier molecular flexibility index (Phi) is 29.0. The molecule has 0 heterocycles. The Bertz CT molecular complexity index is 1230. The van der Waals surface area contributed by atoms with Crippen molar-refractivity contribution in [3.05, 3.63) is 95.1 Å². The van der Waals surface area contributed by atoms with E-state index in [1.54, 1.807) is 0 Å². The molecule has 0 N–H and O–H groups in total. The third-order valence-electron chi connectivity index (χ3n) is 10.7. The van der Waals surface area contributed by atoms with Crippen LogP contribution >= 0.6 is 7.92 Å². The molecule has 0 fully saturated rings. The number of carbonyl (C=O) groups excluding carboxylic acids is 1. The molecule has 53 heavy (non-hydrogen) atoms. The maximum absolute atomic E-state index is 15.2. The monoisotopic (exact) mass is 828 g/mol. The number of carbonyl (C=O) groups is 1. The van der Waals surface area contributed by atoms with Gasteiger partial charge in [0.1, 0.15) is 0 Å². The molecule has 0 aromatic heterocycles. The minimum atomic E-state index is -1.15. The molecule has 0 saturated heterocycles. The van der Waals surface area contributed by atoms with Crippen molar-refractivity contribution in [2.24, 2.45) is 0 Å². The molecule has 3 rings (SSSR count). The summed E-state index contributed by atoms with van der Waals surface area (Å²) >= 11 is 1.10. The van der Waals surface area contributed by atoms with Gasteiger partial charge < -0.3 is 0 Å². The van der Waals surface area contributed by atoms with Gasteiger partial charge in [0.25, 0.3) is 0 Å². The minimum absolute atomic E-state index is 0.366. The van der Waals surface area contributed by atoms with Crippen LogP contribution < -0.4 is 10.6 Å². The zero-order chi connectivity index (χ0) is 38.2. The SMILES string of the molecule is CCCCCCCCCCc1cc(CCCCCCCCCC)c(C(=O)P(c2ccccc2)c2ccccc2)c(CCCCCCCCCC)c1.[O]=[Ru+]. The van der Waals surface area contributed by atoms with E-state index in [1.807, 2.05) is 0 Å². The predicted molar refractivity (Wildman–Crippen MR) is 229 cm³/mol. The number of unbranched alkanes of at least 4 members (excludes halogenated alkanes) is 21. The summed E-state index contributed by atoms with van der Waals surface area (Å²) < 4.78 is 8.18. The third kappa shape index (κ3) is 20.1. The zero-order valence-corrected chi connectivity index (χ0v) is 36.8. The second-order valence-electron chi connectivity index (χ2n) is 15.3. The van der Waals surface area contributed by atoms with Gasteiger partial charge in [0, 0.05) is 13.5 Å². The van der Waals surface area contributed by atoms with Crippen LogP contribution in [-0.4, -0.2) is 5.52 Å². The van der Waals surface area contributed by atoms with Gasteiger partial charge in [-0.3, -0.25) is 4.79 Å². The number of hydrogen-bond donors (Lipinski definition) is 0. The Balaban J connectivity index is 0.00000477. The molecule has 0 amide bonds. The standard InChI is InChI=1S/C49H75OP.O.Ru/c1-4-7-10-13-16-19-22-27-34-43-41-44(35-28-23-20-17-14-11-8-5-2)48(45(42-43)36-29-24-21-18-15-12-9-6-3)49(50)51(46-37-30-25-31-38-46)47-39-32-26-33-40-47;;/h25-26,30-33,37-42H,4-24,27-29,34-36H2,1-3H3;;/q;;+1. The molecule has 0 aliphatic rings. The van der Waals surface area contributed by atoms with Crippen molar-refractivity contribution < 1.29 is 26.6 Å². The average molecular weight is 828 g/mol. The molecule has 3 aromatic carbocycles. The Labute approximate surface area is 338 Å². The van der Waals surface area contributed by atoms with Gasteiger partial charge in [0.05, 0.1) is 0 Å². The third-order valence-corrected chi connectivity index (χ3v) is 13.0. The molecule has 0 unspecified atom stereocenters. The molecule has 2 nitrogen and oxygen atoms in total. The van der Waals surface area contributed by atoms with E-state index >= 15 is 4.79 Å². The van der Waals surface area contributed by atoms with Crippen LogP contribution in [-0.2, 0) is 41.1 Å². The summed E-state index contributed by atoms with van der Waals surface area (Å²) in [4.78, 5) is 15.2. The molecule has 0 saturated carbocycles. The van der Waals surface area contributed by atoms with Gasteiger partial charge in [0.15, 0.2) is 5.52 Å². The summed E-state index contributed by atoms with van der Waals surface area (Å²) in [5, 5.41) is 2.34. The number of aryl methyl sites for hydroxylation is 3. The first-order valence-electron chi connectivity index (χ1n) is 21.9.